The van der Waals surface area contributed by atoms with Gasteiger partial charge in [0.1, 0.15) is 0 Å². The van der Waals surface area contributed by atoms with Gasteiger partial charge in [-0.05, 0) is 23.6 Å². The number of nitrogens with zero attached hydrogens (tertiary/aromatic N) is 1. The average molecular weight is 238 g/mol. The lowest BCUT2D eigenvalue weighted by atomic mass is 9.90. The van der Waals surface area contributed by atoms with Gasteiger partial charge in [0.25, 0.3) is 0 Å². The Bertz CT molecular complexity index is 308. The lowest BCUT2D eigenvalue weighted by Gasteiger charge is -2.12. The number of rotatable bonds is 2. The third-order valence-corrected chi connectivity index (χ3v) is 2.56. The number of halogens is 1. The van der Waals surface area contributed by atoms with Gasteiger partial charge < -0.3 is 0 Å². The Morgan fingerprint density at radius 1 is 1.23 bits per heavy atom. The molecule has 0 spiro atoms. The second-order valence-electron chi connectivity index (χ2n) is 3.40. The Labute approximate surface area is 87.5 Å². The van der Waals surface area contributed by atoms with E-state index in [4.69, 9.17) is 5.26 Å². The largest absolute Gasteiger partial charge is 0.198 e. The second-order valence-corrected chi connectivity index (χ2v) is 4.32. The van der Waals surface area contributed by atoms with Crippen LogP contribution in [0.4, 0.5) is 0 Å². The van der Waals surface area contributed by atoms with Crippen LogP contribution in [0, 0.1) is 17.2 Å². The number of hydrogen-bond acceptors (Lipinski definition) is 1. The summed E-state index contributed by atoms with van der Waals surface area (Å²) in [6.45, 7) is 4.13. The molecule has 1 aromatic carbocycles. The molecule has 0 saturated carbocycles. The Balaban J connectivity index is 2.94. The molecule has 0 aliphatic rings. The number of hydrogen-bond donors (Lipinski definition) is 0. The molecule has 0 saturated heterocycles. The fourth-order valence-electron chi connectivity index (χ4n) is 1.28. The van der Waals surface area contributed by atoms with Gasteiger partial charge in [-0.2, -0.15) is 5.26 Å². The van der Waals surface area contributed by atoms with Crippen LogP contribution in [-0.2, 0) is 0 Å². The maximum atomic E-state index is 8.96. The molecule has 0 radical (unpaired) electrons. The van der Waals surface area contributed by atoms with Crippen molar-refractivity contribution in [3.8, 4) is 6.07 Å². The summed E-state index contributed by atoms with van der Waals surface area (Å²) in [5.74, 6) is 0.374. The second kappa shape index (κ2) is 4.43. The van der Waals surface area contributed by atoms with E-state index in [2.05, 4.69) is 35.8 Å². The first-order chi connectivity index (χ1) is 6.15. The van der Waals surface area contributed by atoms with E-state index in [0.29, 0.717) is 5.92 Å². The van der Waals surface area contributed by atoms with E-state index >= 15 is 0 Å². The minimum Gasteiger partial charge on any atom is -0.198 e. The van der Waals surface area contributed by atoms with Gasteiger partial charge >= 0.3 is 0 Å². The van der Waals surface area contributed by atoms with Crippen molar-refractivity contribution in [1.29, 1.82) is 5.26 Å². The molecule has 0 bridgehead atoms. The van der Waals surface area contributed by atoms with Crippen molar-refractivity contribution in [3.05, 3.63) is 34.3 Å². The quantitative estimate of drug-likeness (QED) is 0.770. The molecule has 0 aliphatic heterocycles. The summed E-state index contributed by atoms with van der Waals surface area (Å²) in [7, 11) is 0. The van der Waals surface area contributed by atoms with Crippen molar-refractivity contribution in [3.63, 3.8) is 0 Å². The predicted octanol–water partition coefficient (Wildman–Crippen LogP) is 3.71. The molecule has 68 valence electrons. The first kappa shape index (κ1) is 10.3. The predicted molar refractivity (Wildman–Crippen MR) is 57.3 cm³/mol. The van der Waals surface area contributed by atoms with Gasteiger partial charge in [-0.15, -0.1) is 0 Å². The van der Waals surface area contributed by atoms with Crippen molar-refractivity contribution in [2.45, 2.75) is 19.8 Å². The minimum atomic E-state index is 0.00750. The first-order valence-corrected chi connectivity index (χ1v) is 5.09. The number of benzene rings is 1. The van der Waals surface area contributed by atoms with E-state index < -0.39 is 0 Å². The Hall–Kier alpha value is -0.810. The highest BCUT2D eigenvalue weighted by Crippen LogP contribution is 2.24. The smallest absolute Gasteiger partial charge is 0.0735 e. The zero-order valence-electron chi connectivity index (χ0n) is 7.79. The maximum absolute atomic E-state index is 8.96. The lowest BCUT2D eigenvalue weighted by Crippen LogP contribution is -2.03. The lowest BCUT2D eigenvalue weighted by molar-refractivity contribution is 0.587. The SMILES string of the molecule is CC(C)[C@@H](C#N)c1ccc(Br)cc1. The maximum Gasteiger partial charge on any atom is 0.0735 e. The molecule has 2 heteroatoms. The van der Waals surface area contributed by atoms with Gasteiger partial charge in [0, 0.05) is 4.47 Å². The normalized spacial score (nSPS) is 12.5. The molecule has 13 heavy (non-hydrogen) atoms. The van der Waals surface area contributed by atoms with Gasteiger partial charge in [-0.25, -0.2) is 0 Å². The molecule has 0 aromatic heterocycles. The van der Waals surface area contributed by atoms with Gasteiger partial charge in [0.2, 0.25) is 0 Å². The van der Waals surface area contributed by atoms with Gasteiger partial charge in [-0.3, -0.25) is 0 Å². The highest BCUT2D eigenvalue weighted by molar-refractivity contribution is 9.10. The monoisotopic (exact) mass is 237 g/mol. The third kappa shape index (κ3) is 2.57. The summed E-state index contributed by atoms with van der Waals surface area (Å²) in [6, 6.07) is 10.3. The van der Waals surface area contributed by atoms with Gasteiger partial charge in [-0.1, -0.05) is 41.9 Å². The molecule has 0 heterocycles. The van der Waals surface area contributed by atoms with E-state index in [1.807, 2.05) is 24.3 Å². The molecule has 0 amide bonds. The van der Waals surface area contributed by atoms with Crippen LogP contribution in [0.15, 0.2) is 28.7 Å². The summed E-state index contributed by atoms with van der Waals surface area (Å²) in [4.78, 5) is 0. The molecule has 1 rings (SSSR count). The van der Waals surface area contributed by atoms with Crippen molar-refractivity contribution in [2.75, 3.05) is 0 Å². The van der Waals surface area contributed by atoms with Crippen molar-refractivity contribution < 1.29 is 0 Å². The van der Waals surface area contributed by atoms with Crippen molar-refractivity contribution >= 4 is 15.9 Å². The summed E-state index contributed by atoms with van der Waals surface area (Å²) in [6.07, 6.45) is 0. The molecule has 0 unspecified atom stereocenters. The topological polar surface area (TPSA) is 23.8 Å². The van der Waals surface area contributed by atoms with Crippen molar-refractivity contribution in [1.82, 2.24) is 0 Å². The minimum absolute atomic E-state index is 0.00750. The molecule has 0 N–H and O–H groups in total. The molecular weight excluding hydrogens is 226 g/mol. The van der Waals surface area contributed by atoms with Crippen LogP contribution in [-0.4, -0.2) is 0 Å². The molecule has 0 fully saturated rings. The highest BCUT2D eigenvalue weighted by Gasteiger charge is 2.13. The van der Waals surface area contributed by atoms with E-state index in [9.17, 15) is 0 Å². The van der Waals surface area contributed by atoms with Crippen LogP contribution in [0.5, 0.6) is 0 Å². The fourth-order valence-corrected chi connectivity index (χ4v) is 1.54. The molecule has 1 aromatic rings. The van der Waals surface area contributed by atoms with Crippen LogP contribution < -0.4 is 0 Å². The van der Waals surface area contributed by atoms with Crippen LogP contribution in [0.3, 0.4) is 0 Å². The Kier molecular flexibility index (Phi) is 3.50. The fraction of sp³-hybridized carbons (Fsp3) is 0.364. The molecule has 0 aliphatic carbocycles. The Morgan fingerprint density at radius 3 is 2.15 bits per heavy atom. The zero-order chi connectivity index (χ0) is 9.84. The Morgan fingerprint density at radius 2 is 1.77 bits per heavy atom. The summed E-state index contributed by atoms with van der Waals surface area (Å²) in [5.41, 5.74) is 1.10. The van der Waals surface area contributed by atoms with Crippen molar-refractivity contribution in [2.24, 2.45) is 5.92 Å². The summed E-state index contributed by atoms with van der Waals surface area (Å²) in [5, 5.41) is 8.96. The van der Waals surface area contributed by atoms with Crippen LogP contribution >= 0.6 is 15.9 Å². The van der Waals surface area contributed by atoms with Crippen LogP contribution in [0.1, 0.15) is 25.3 Å². The van der Waals surface area contributed by atoms with Gasteiger partial charge in [0.15, 0.2) is 0 Å². The van der Waals surface area contributed by atoms with E-state index in [-0.39, 0.29) is 5.92 Å². The van der Waals surface area contributed by atoms with E-state index in [0.717, 1.165) is 10.0 Å². The summed E-state index contributed by atoms with van der Waals surface area (Å²) >= 11 is 3.37. The molecule has 1 atom stereocenters. The highest BCUT2D eigenvalue weighted by atomic mass is 79.9. The standard InChI is InChI=1S/C11H12BrN/c1-8(2)11(7-13)9-3-5-10(12)6-4-9/h3-6,8,11H,1-2H3/t11-/m1/s1. The summed E-state index contributed by atoms with van der Waals surface area (Å²) < 4.78 is 1.05. The molecule has 1 nitrogen and oxygen atoms in total. The van der Waals surface area contributed by atoms with E-state index in [1.165, 1.54) is 0 Å². The molecular formula is C11H12BrN. The average Bonchev–Trinajstić information content (AvgIpc) is 2.09. The number of nitriles is 1. The van der Waals surface area contributed by atoms with Gasteiger partial charge in [0.05, 0.1) is 12.0 Å². The first-order valence-electron chi connectivity index (χ1n) is 4.30. The van der Waals surface area contributed by atoms with Crippen LogP contribution in [0.25, 0.3) is 0 Å². The zero-order valence-corrected chi connectivity index (χ0v) is 9.38. The third-order valence-electron chi connectivity index (χ3n) is 2.03. The van der Waals surface area contributed by atoms with Crippen LogP contribution in [0.2, 0.25) is 0 Å². The van der Waals surface area contributed by atoms with E-state index in [1.54, 1.807) is 0 Å².